The molecule has 0 saturated heterocycles. The number of nitrogens with zero attached hydrogens (tertiary/aromatic N) is 1. The Morgan fingerprint density at radius 1 is 1.43 bits per heavy atom. The van der Waals surface area contributed by atoms with Crippen LogP contribution < -0.4 is 11.5 Å². The molecule has 1 aliphatic heterocycles. The average Bonchev–Trinajstić information content (AvgIpc) is 2.54. The molecule has 0 amide bonds. The van der Waals surface area contributed by atoms with Crippen LogP contribution in [0, 0.1) is 11.8 Å². The van der Waals surface area contributed by atoms with Crippen LogP contribution in [0.4, 0.5) is 0 Å². The van der Waals surface area contributed by atoms with Gasteiger partial charge in [0.1, 0.15) is 5.84 Å². The lowest BCUT2D eigenvalue weighted by Gasteiger charge is -2.19. The van der Waals surface area contributed by atoms with Crippen LogP contribution in [-0.2, 0) is 0 Å². The van der Waals surface area contributed by atoms with Crippen molar-refractivity contribution in [1.82, 2.24) is 0 Å². The fourth-order valence-corrected chi connectivity index (χ4v) is 2.57. The summed E-state index contributed by atoms with van der Waals surface area (Å²) in [5, 5.41) is 0. The second-order valence-electron chi connectivity index (χ2n) is 6.12. The molecule has 4 N–H and O–H groups in total. The molecule has 0 fully saturated rings. The van der Waals surface area contributed by atoms with Crippen LogP contribution in [0.15, 0.2) is 64.5 Å². The van der Waals surface area contributed by atoms with Gasteiger partial charge in [-0.05, 0) is 35.8 Å². The number of amidine groups is 1. The Morgan fingerprint density at radius 3 is 2.70 bits per heavy atom. The van der Waals surface area contributed by atoms with E-state index in [2.05, 4.69) is 57.5 Å². The lowest BCUT2D eigenvalue weighted by Crippen LogP contribution is -2.25. The van der Waals surface area contributed by atoms with E-state index < -0.39 is 0 Å². The number of rotatable bonds is 6. The van der Waals surface area contributed by atoms with Crippen LogP contribution in [0.1, 0.15) is 47.0 Å². The predicted molar refractivity (Wildman–Crippen MR) is 102 cm³/mol. The largest absolute Gasteiger partial charge is 0.396 e. The molecule has 0 aromatic rings. The fraction of sp³-hybridized carbons (Fsp3) is 0.450. The second kappa shape index (κ2) is 9.19. The SMILES string of the molecule is C=C/C=C(\C=C/C(C)CC)C1=CCC(C)/C(CC)=C(N)\C(N)=N/1. The molecule has 0 radical (unpaired) electrons. The van der Waals surface area contributed by atoms with Gasteiger partial charge in [0.15, 0.2) is 0 Å². The Hall–Kier alpha value is -2.03. The van der Waals surface area contributed by atoms with Crippen molar-refractivity contribution in [2.75, 3.05) is 0 Å². The summed E-state index contributed by atoms with van der Waals surface area (Å²) in [4.78, 5) is 4.58. The molecule has 126 valence electrons. The molecule has 0 saturated carbocycles. The van der Waals surface area contributed by atoms with Gasteiger partial charge in [0.2, 0.25) is 0 Å². The van der Waals surface area contributed by atoms with Gasteiger partial charge >= 0.3 is 0 Å². The van der Waals surface area contributed by atoms with Gasteiger partial charge in [0.25, 0.3) is 0 Å². The summed E-state index contributed by atoms with van der Waals surface area (Å²) in [5.41, 5.74) is 16.0. The highest BCUT2D eigenvalue weighted by Gasteiger charge is 2.16. The molecule has 0 bridgehead atoms. The molecule has 2 atom stereocenters. The van der Waals surface area contributed by atoms with Gasteiger partial charge in [-0.3, -0.25) is 0 Å². The Bertz CT molecular complexity index is 574. The van der Waals surface area contributed by atoms with Crippen molar-refractivity contribution >= 4 is 5.84 Å². The first-order valence-electron chi connectivity index (χ1n) is 8.48. The van der Waals surface area contributed by atoms with Crippen LogP contribution in [0.25, 0.3) is 0 Å². The molecule has 1 heterocycles. The van der Waals surface area contributed by atoms with E-state index in [1.807, 2.05) is 6.08 Å². The quantitative estimate of drug-likeness (QED) is 0.704. The molecular formula is C20H31N3. The maximum Gasteiger partial charge on any atom is 0.147 e. The minimum absolute atomic E-state index is 0.368. The van der Waals surface area contributed by atoms with E-state index in [4.69, 9.17) is 11.5 Å². The first-order chi connectivity index (χ1) is 10.9. The summed E-state index contributed by atoms with van der Waals surface area (Å²) in [5.74, 6) is 1.30. The monoisotopic (exact) mass is 313 g/mol. The second-order valence-corrected chi connectivity index (χ2v) is 6.12. The van der Waals surface area contributed by atoms with Crippen LogP contribution in [0.5, 0.6) is 0 Å². The molecule has 0 aromatic carbocycles. The minimum Gasteiger partial charge on any atom is -0.396 e. The van der Waals surface area contributed by atoms with Crippen molar-refractivity contribution < 1.29 is 0 Å². The van der Waals surface area contributed by atoms with E-state index in [1.165, 1.54) is 5.57 Å². The first-order valence-corrected chi connectivity index (χ1v) is 8.48. The van der Waals surface area contributed by atoms with E-state index in [9.17, 15) is 0 Å². The van der Waals surface area contributed by atoms with Crippen molar-refractivity contribution in [3.05, 3.63) is 59.5 Å². The summed E-state index contributed by atoms with van der Waals surface area (Å²) >= 11 is 0. The van der Waals surface area contributed by atoms with Gasteiger partial charge < -0.3 is 11.5 Å². The van der Waals surface area contributed by atoms with Crippen LogP contribution in [0.2, 0.25) is 0 Å². The number of hydrogen-bond acceptors (Lipinski definition) is 3. The Labute approximate surface area is 141 Å². The highest BCUT2D eigenvalue weighted by atomic mass is 14.9. The Kier molecular flexibility index (Phi) is 7.60. The summed E-state index contributed by atoms with van der Waals surface area (Å²) in [6, 6.07) is 0. The summed E-state index contributed by atoms with van der Waals surface area (Å²) < 4.78 is 0. The molecule has 23 heavy (non-hydrogen) atoms. The molecule has 0 aliphatic carbocycles. The van der Waals surface area contributed by atoms with E-state index in [-0.39, 0.29) is 0 Å². The molecule has 2 unspecified atom stereocenters. The molecule has 3 heteroatoms. The highest BCUT2D eigenvalue weighted by molar-refractivity contribution is 5.97. The first kappa shape index (κ1) is 19.0. The Balaban J connectivity index is 3.26. The van der Waals surface area contributed by atoms with Crippen molar-refractivity contribution in [1.29, 1.82) is 0 Å². The van der Waals surface area contributed by atoms with Gasteiger partial charge in [0, 0.05) is 0 Å². The summed E-state index contributed by atoms with van der Waals surface area (Å²) in [6.07, 6.45) is 13.1. The Morgan fingerprint density at radius 2 is 2.13 bits per heavy atom. The van der Waals surface area contributed by atoms with Gasteiger partial charge in [-0.25, -0.2) is 4.99 Å². The third-order valence-corrected chi connectivity index (χ3v) is 4.34. The van der Waals surface area contributed by atoms with E-state index in [0.29, 0.717) is 23.4 Å². The van der Waals surface area contributed by atoms with E-state index >= 15 is 0 Å². The number of nitrogens with two attached hydrogens (primary N) is 2. The van der Waals surface area contributed by atoms with Crippen LogP contribution in [0.3, 0.4) is 0 Å². The van der Waals surface area contributed by atoms with Crippen molar-refractivity contribution in [2.45, 2.75) is 47.0 Å². The predicted octanol–water partition coefficient (Wildman–Crippen LogP) is 4.60. The smallest absolute Gasteiger partial charge is 0.147 e. The van der Waals surface area contributed by atoms with Crippen LogP contribution in [-0.4, -0.2) is 5.84 Å². The molecule has 3 nitrogen and oxygen atoms in total. The van der Waals surface area contributed by atoms with Crippen LogP contribution >= 0.6 is 0 Å². The van der Waals surface area contributed by atoms with Crippen molar-refractivity contribution in [3.63, 3.8) is 0 Å². The normalized spacial score (nSPS) is 27.0. The van der Waals surface area contributed by atoms with Gasteiger partial charge in [-0.15, -0.1) is 0 Å². The third-order valence-electron chi connectivity index (χ3n) is 4.34. The average molecular weight is 313 g/mol. The molecule has 1 rings (SSSR count). The molecule has 1 aliphatic rings. The zero-order valence-electron chi connectivity index (χ0n) is 15.0. The summed E-state index contributed by atoms with van der Waals surface area (Å²) in [6.45, 7) is 12.5. The zero-order valence-corrected chi connectivity index (χ0v) is 15.0. The highest BCUT2D eigenvalue weighted by Crippen LogP contribution is 2.26. The fourth-order valence-electron chi connectivity index (χ4n) is 2.57. The molecule has 0 spiro atoms. The molecule has 0 aromatic heterocycles. The lowest BCUT2D eigenvalue weighted by molar-refractivity contribution is 0.657. The van der Waals surface area contributed by atoms with E-state index in [1.54, 1.807) is 6.08 Å². The van der Waals surface area contributed by atoms with Crippen molar-refractivity contribution in [3.8, 4) is 0 Å². The standard InChI is InChI=1S/C20H31N3/c1-6-9-16(12-10-14(4)7-2)18-13-11-15(5)17(8-3)19(21)20(22)23-18/h6,9-10,12-15H,1,7-8,11,21H2,2-5H3,(H2,22,23)/b12-10-,16-9+,18-13?,19-17+. The van der Waals surface area contributed by atoms with E-state index in [0.717, 1.165) is 30.5 Å². The van der Waals surface area contributed by atoms with Crippen molar-refractivity contribution in [2.24, 2.45) is 28.3 Å². The lowest BCUT2D eigenvalue weighted by atomic mass is 9.91. The topological polar surface area (TPSA) is 64.4 Å². The van der Waals surface area contributed by atoms with Gasteiger partial charge in [0.05, 0.1) is 11.4 Å². The third kappa shape index (κ3) is 5.27. The number of hydrogen-bond donors (Lipinski definition) is 2. The van der Waals surface area contributed by atoms with Gasteiger partial charge in [-0.1, -0.05) is 71.1 Å². The van der Waals surface area contributed by atoms with Gasteiger partial charge in [-0.2, -0.15) is 0 Å². The number of allylic oxidation sites excluding steroid dienone is 6. The maximum absolute atomic E-state index is 6.21. The molecular weight excluding hydrogens is 282 g/mol. The summed E-state index contributed by atoms with van der Waals surface area (Å²) in [7, 11) is 0. The zero-order chi connectivity index (χ0) is 17.4. The maximum atomic E-state index is 6.21. The number of aliphatic imine (C=N–C) groups is 1. The minimum atomic E-state index is 0.368.